The number of anilines is 1. The smallest absolute Gasteiger partial charge is 0.221 e. The Balaban J connectivity index is 3.08. The summed E-state index contributed by atoms with van der Waals surface area (Å²) in [7, 11) is 0. The number of benzene rings is 1. The van der Waals surface area contributed by atoms with Gasteiger partial charge >= 0.3 is 0 Å². The molecule has 1 aromatic carbocycles. The number of halogens is 1. The highest BCUT2D eigenvalue weighted by Crippen LogP contribution is 2.19. The molecule has 0 aromatic heterocycles. The van der Waals surface area contributed by atoms with E-state index in [4.69, 9.17) is 16.7 Å². The maximum atomic E-state index is 10.9. The van der Waals surface area contributed by atoms with E-state index in [2.05, 4.69) is 17.2 Å². The number of aliphatic hydroxyl groups is 1. The summed E-state index contributed by atoms with van der Waals surface area (Å²) in [6.45, 7) is 1.18. The standard InChI is InChI=1S/C11H10ClNO2/c1-8(15)13-11-5-4-10(12)7-9(11)3-2-6-14/h4-5,7,14H,6H2,1H3,(H,13,15). The third-order valence-electron chi connectivity index (χ3n) is 1.59. The first kappa shape index (κ1) is 11.6. The molecule has 0 bridgehead atoms. The largest absolute Gasteiger partial charge is 0.384 e. The van der Waals surface area contributed by atoms with E-state index >= 15 is 0 Å². The molecule has 2 N–H and O–H groups in total. The summed E-state index contributed by atoms with van der Waals surface area (Å²) in [5, 5.41) is 11.7. The second-order valence-electron chi connectivity index (χ2n) is 2.83. The Morgan fingerprint density at radius 1 is 1.60 bits per heavy atom. The van der Waals surface area contributed by atoms with Crippen LogP contribution in [0.2, 0.25) is 5.02 Å². The molecule has 0 saturated carbocycles. The number of carbonyl (C=O) groups is 1. The van der Waals surface area contributed by atoms with Crippen molar-refractivity contribution in [3.05, 3.63) is 28.8 Å². The van der Waals surface area contributed by atoms with Crippen molar-refractivity contribution >= 4 is 23.2 Å². The molecule has 0 aliphatic heterocycles. The van der Waals surface area contributed by atoms with Crippen LogP contribution in [0.25, 0.3) is 0 Å². The molecule has 0 unspecified atom stereocenters. The summed E-state index contributed by atoms with van der Waals surface area (Å²) in [5.74, 6) is 5.03. The lowest BCUT2D eigenvalue weighted by Crippen LogP contribution is -2.07. The second kappa shape index (κ2) is 5.40. The molecule has 0 aliphatic carbocycles. The number of nitrogens with one attached hydrogen (secondary N) is 1. The number of hydrogen-bond donors (Lipinski definition) is 2. The third kappa shape index (κ3) is 3.62. The van der Waals surface area contributed by atoms with Gasteiger partial charge in [-0.1, -0.05) is 23.4 Å². The average molecular weight is 224 g/mol. The van der Waals surface area contributed by atoms with Gasteiger partial charge in [-0.3, -0.25) is 4.79 Å². The summed E-state index contributed by atoms with van der Waals surface area (Å²) in [4.78, 5) is 10.9. The van der Waals surface area contributed by atoms with Crippen molar-refractivity contribution in [1.82, 2.24) is 0 Å². The first-order chi connectivity index (χ1) is 7.13. The first-order valence-electron chi connectivity index (χ1n) is 4.30. The minimum Gasteiger partial charge on any atom is -0.384 e. The fourth-order valence-corrected chi connectivity index (χ4v) is 1.23. The Bertz CT molecular complexity index is 432. The van der Waals surface area contributed by atoms with E-state index in [1.165, 1.54) is 6.92 Å². The van der Waals surface area contributed by atoms with Gasteiger partial charge in [0.25, 0.3) is 0 Å². The van der Waals surface area contributed by atoms with Crippen molar-refractivity contribution in [3.63, 3.8) is 0 Å². The van der Waals surface area contributed by atoms with E-state index in [0.29, 0.717) is 16.3 Å². The summed E-state index contributed by atoms with van der Waals surface area (Å²) in [5.41, 5.74) is 1.18. The van der Waals surface area contributed by atoms with Crippen LogP contribution in [0.5, 0.6) is 0 Å². The predicted molar refractivity (Wildman–Crippen MR) is 59.7 cm³/mol. The molecule has 78 valence electrons. The number of rotatable bonds is 1. The van der Waals surface area contributed by atoms with E-state index in [9.17, 15) is 4.79 Å². The Hall–Kier alpha value is -1.50. The highest BCUT2D eigenvalue weighted by molar-refractivity contribution is 6.30. The highest BCUT2D eigenvalue weighted by atomic mass is 35.5. The molecular weight excluding hydrogens is 214 g/mol. The van der Waals surface area contributed by atoms with Crippen LogP contribution in [0, 0.1) is 11.8 Å². The van der Waals surface area contributed by atoms with Gasteiger partial charge in [-0.25, -0.2) is 0 Å². The van der Waals surface area contributed by atoms with E-state index in [0.717, 1.165) is 0 Å². The summed E-state index contributed by atoms with van der Waals surface area (Å²) in [6.07, 6.45) is 0. The van der Waals surface area contributed by atoms with Crippen molar-refractivity contribution in [3.8, 4) is 11.8 Å². The van der Waals surface area contributed by atoms with Gasteiger partial charge in [0.1, 0.15) is 6.61 Å². The monoisotopic (exact) mass is 223 g/mol. The van der Waals surface area contributed by atoms with Crippen LogP contribution in [0.1, 0.15) is 12.5 Å². The van der Waals surface area contributed by atoms with Crippen LogP contribution >= 0.6 is 11.6 Å². The molecule has 0 aliphatic rings. The quantitative estimate of drug-likeness (QED) is 0.712. The number of hydrogen-bond acceptors (Lipinski definition) is 2. The zero-order valence-corrected chi connectivity index (χ0v) is 8.93. The fourth-order valence-electron chi connectivity index (χ4n) is 1.05. The lowest BCUT2D eigenvalue weighted by molar-refractivity contribution is -0.114. The van der Waals surface area contributed by atoms with Gasteiger partial charge < -0.3 is 10.4 Å². The zero-order chi connectivity index (χ0) is 11.3. The molecule has 0 spiro atoms. The lowest BCUT2D eigenvalue weighted by Gasteiger charge is -2.05. The molecule has 0 heterocycles. The van der Waals surface area contributed by atoms with Crippen molar-refractivity contribution < 1.29 is 9.90 Å². The lowest BCUT2D eigenvalue weighted by atomic mass is 10.2. The van der Waals surface area contributed by atoms with Crippen LogP contribution < -0.4 is 5.32 Å². The third-order valence-corrected chi connectivity index (χ3v) is 1.83. The van der Waals surface area contributed by atoms with Gasteiger partial charge in [-0.15, -0.1) is 0 Å². The zero-order valence-electron chi connectivity index (χ0n) is 8.17. The Morgan fingerprint density at radius 2 is 2.33 bits per heavy atom. The summed E-state index contributed by atoms with van der Waals surface area (Å²) < 4.78 is 0. The first-order valence-corrected chi connectivity index (χ1v) is 4.68. The second-order valence-corrected chi connectivity index (χ2v) is 3.27. The van der Waals surface area contributed by atoms with E-state index < -0.39 is 0 Å². The van der Waals surface area contributed by atoms with Crippen molar-refractivity contribution in [1.29, 1.82) is 0 Å². The summed E-state index contributed by atoms with van der Waals surface area (Å²) in [6, 6.07) is 4.97. The Kier molecular flexibility index (Phi) is 4.17. The molecule has 3 nitrogen and oxygen atoms in total. The van der Waals surface area contributed by atoms with Crippen LogP contribution in [0.15, 0.2) is 18.2 Å². The highest BCUT2D eigenvalue weighted by Gasteiger charge is 2.02. The predicted octanol–water partition coefficient (Wildman–Crippen LogP) is 1.64. The van der Waals surface area contributed by atoms with Gasteiger partial charge in [0, 0.05) is 17.5 Å². The molecule has 0 radical (unpaired) electrons. The maximum absolute atomic E-state index is 10.9. The molecular formula is C11H10ClNO2. The Labute approximate surface area is 93.1 Å². The van der Waals surface area contributed by atoms with Crippen molar-refractivity contribution in [2.24, 2.45) is 0 Å². The van der Waals surface area contributed by atoms with Gasteiger partial charge in [0.05, 0.1) is 5.69 Å². The van der Waals surface area contributed by atoms with Gasteiger partial charge in [-0.05, 0) is 18.2 Å². The van der Waals surface area contributed by atoms with E-state index in [1.54, 1.807) is 18.2 Å². The minimum absolute atomic E-state index is 0.177. The number of carbonyl (C=O) groups excluding carboxylic acids is 1. The number of amides is 1. The molecule has 1 amide bonds. The van der Waals surface area contributed by atoms with Crippen LogP contribution in [0.3, 0.4) is 0 Å². The summed E-state index contributed by atoms with van der Waals surface area (Å²) >= 11 is 5.79. The topological polar surface area (TPSA) is 49.3 Å². The maximum Gasteiger partial charge on any atom is 0.221 e. The molecule has 1 aromatic rings. The molecule has 0 saturated heterocycles. The average Bonchev–Trinajstić information content (AvgIpc) is 2.18. The van der Waals surface area contributed by atoms with E-state index in [1.807, 2.05) is 0 Å². The number of aliphatic hydroxyl groups excluding tert-OH is 1. The Morgan fingerprint density at radius 3 is 2.93 bits per heavy atom. The van der Waals surface area contributed by atoms with Crippen LogP contribution in [-0.4, -0.2) is 17.6 Å². The van der Waals surface area contributed by atoms with Gasteiger partial charge in [0.15, 0.2) is 0 Å². The SMILES string of the molecule is CC(=O)Nc1ccc(Cl)cc1C#CCO. The minimum atomic E-state index is -0.230. The van der Waals surface area contributed by atoms with E-state index in [-0.39, 0.29) is 12.5 Å². The van der Waals surface area contributed by atoms with Gasteiger partial charge in [0.2, 0.25) is 5.91 Å². The van der Waals surface area contributed by atoms with Crippen LogP contribution in [-0.2, 0) is 4.79 Å². The van der Waals surface area contributed by atoms with Crippen molar-refractivity contribution in [2.75, 3.05) is 11.9 Å². The van der Waals surface area contributed by atoms with Crippen molar-refractivity contribution in [2.45, 2.75) is 6.92 Å². The molecule has 4 heteroatoms. The van der Waals surface area contributed by atoms with Gasteiger partial charge in [-0.2, -0.15) is 0 Å². The molecule has 1 rings (SSSR count). The molecule has 0 atom stereocenters. The fraction of sp³-hybridized carbons (Fsp3) is 0.182. The normalized spacial score (nSPS) is 9.00. The molecule has 0 fully saturated rings. The van der Waals surface area contributed by atoms with Crippen LogP contribution in [0.4, 0.5) is 5.69 Å². The molecule has 15 heavy (non-hydrogen) atoms.